The van der Waals surface area contributed by atoms with Crippen LogP contribution >= 0.6 is 20.1 Å². The average Bonchev–Trinajstić information content (AvgIpc) is 3.19. The van der Waals surface area contributed by atoms with Crippen molar-refractivity contribution in [2.45, 2.75) is 23.6 Å². The van der Waals surface area contributed by atoms with Crippen LogP contribution in [0.5, 0.6) is 0 Å². The Labute approximate surface area is 336 Å². The van der Waals surface area contributed by atoms with Gasteiger partial charge in [0.15, 0.2) is 0 Å². The summed E-state index contributed by atoms with van der Waals surface area (Å²) < 4.78 is 0. The van der Waals surface area contributed by atoms with E-state index in [1.165, 1.54) is 86.1 Å². The molecule has 0 bridgehead atoms. The predicted molar refractivity (Wildman–Crippen MR) is 257 cm³/mol. The van der Waals surface area contributed by atoms with Gasteiger partial charge in [0.2, 0.25) is 6.71 Å². The van der Waals surface area contributed by atoms with Crippen LogP contribution in [0.3, 0.4) is 0 Å². The zero-order valence-corrected chi connectivity index (χ0v) is 35.5. The van der Waals surface area contributed by atoms with Crippen LogP contribution in [0.4, 0.5) is 17.1 Å². The molecule has 9 aromatic carbocycles. The van der Waals surface area contributed by atoms with Crippen molar-refractivity contribution in [3.05, 3.63) is 169 Å². The summed E-state index contributed by atoms with van der Waals surface area (Å²) in [6.07, 6.45) is 14.3. The summed E-state index contributed by atoms with van der Waals surface area (Å²) in [6, 6.07) is 59.8. The molecule has 0 aliphatic carbocycles. The van der Waals surface area contributed by atoms with E-state index in [2.05, 4.69) is 214 Å². The van der Waals surface area contributed by atoms with Crippen molar-refractivity contribution in [3.63, 3.8) is 0 Å². The maximum absolute atomic E-state index is 2.51. The van der Waals surface area contributed by atoms with Gasteiger partial charge in [0.1, 0.15) is 0 Å². The SMILES string of the molecule is Cc1cc(N(c2ccccc2)c2ccccc2)c2c3ccccc3c3c(C)cc(B(c4ccc(S(C)(C)C)cc4)c4ccc(S(C)(C)C)cc4)c4ccc1c2c43. The maximum atomic E-state index is 2.51. The van der Waals surface area contributed by atoms with Crippen molar-refractivity contribution in [3.8, 4) is 0 Å². The Morgan fingerprint density at radius 2 is 0.839 bits per heavy atom. The normalized spacial score (nSPS) is 12.9. The van der Waals surface area contributed by atoms with Crippen LogP contribution in [0.2, 0.25) is 0 Å². The topological polar surface area (TPSA) is 3.24 Å². The molecule has 9 rings (SSSR count). The van der Waals surface area contributed by atoms with Crippen LogP contribution in [0.15, 0.2) is 168 Å². The fraction of sp³-hybridized carbons (Fsp3) is 0.154. The first-order valence-corrected chi connectivity index (χ1v) is 25.2. The molecule has 0 unspecified atom stereocenters. The third-order valence-corrected chi connectivity index (χ3v) is 15.1. The van der Waals surface area contributed by atoms with E-state index in [0.29, 0.717) is 0 Å². The Kier molecular flexibility index (Phi) is 8.99. The van der Waals surface area contributed by atoms with Crippen LogP contribution in [0.25, 0.3) is 43.1 Å². The molecule has 0 heterocycles. The number of rotatable bonds is 8. The van der Waals surface area contributed by atoms with Crippen LogP contribution in [0.1, 0.15) is 11.1 Å². The molecule has 0 atom stereocenters. The van der Waals surface area contributed by atoms with E-state index in [-0.39, 0.29) is 6.71 Å². The Bertz CT molecular complexity index is 2770. The fourth-order valence-corrected chi connectivity index (χ4v) is 10.9. The van der Waals surface area contributed by atoms with Gasteiger partial charge in [0.25, 0.3) is 0 Å². The lowest BCUT2D eigenvalue weighted by molar-refractivity contribution is 1.29. The van der Waals surface area contributed by atoms with Gasteiger partial charge in [0.05, 0.1) is 5.69 Å². The summed E-state index contributed by atoms with van der Waals surface area (Å²) in [5.74, 6) is 0. The second kappa shape index (κ2) is 13.8. The van der Waals surface area contributed by atoms with Gasteiger partial charge in [-0.3, -0.25) is 0 Å². The molecule has 0 radical (unpaired) electrons. The Balaban J connectivity index is 1.41. The average molecular weight is 764 g/mol. The highest BCUT2D eigenvalue weighted by Gasteiger charge is 2.29. The smallest absolute Gasteiger partial charge is 0.242 e. The molecule has 278 valence electrons. The second-order valence-electron chi connectivity index (χ2n) is 17.0. The minimum atomic E-state index is -0.850. The third-order valence-electron chi connectivity index (χ3n) is 11.7. The highest BCUT2D eigenvalue weighted by Crippen LogP contribution is 2.50. The van der Waals surface area contributed by atoms with Crippen molar-refractivity contribution in [2.75, 3.05) is 42.4 Å². The molecule has 4 heteroatoms. The molecular formula is C52H50BNS2. The lowest BCUT2D eigenvalue weighted by atomic mass is 9.36. The van der Waals surface area contributed by atoms with E-state index in [1.807, 2.05) is 0 Å². The van der Waals surface area contributed by atoms with Crippen LogP contribution < -0.4 is 21.3 Å². The number of benzene rings is 9. The number of anilines is 3. The molecule has 1 nitrogen and oxygen atoms in total. The molecule has 0 aromatic heterocycles. The van der Waals surface area contributed by atoms with E-state index >= 15 is 0 Å². The van der Waals surface area contributed by atoms with E-state index in [0.717, 1.165) is 11.4 Å². The van der Waals surface area contributed by atoms with Crippen molar-refractivity contribution < 1.29 is 0 Å². The van der Waals surface area contributed by atoms with E-state index in [9.17, 15) is 0 Å². The van der Waals surface area contributed by atoms with Gasteiger partial charge in [-0.25, -0.2) is 20.1 Å². The number of para-hydroxylation sites is 2. The van der Waals surface area contributed by atoms with E-state index in [4.69, 9.17) is 0 Å². The quantitative estimate of drug-likeness (QED) is 0.0846. The van der Waals surface area contributed by atoms with Crippen molar-refractivity contribution >= 4 is 103 Å². The fourth-order valence-electron chi connectivity index (χ4n) is 8.98. The lowest BCUT2D eigenvalue weighted by Gasteiger charge is -2.30. The molecule has 56 heavy (non-hydrogen) atoms. The largest absolute Gasteiger partial charge is 0.310 e. The number of hydrogen-bond donors (Lipinski definition) is 0. The zero-order valence-electron chi connectivity index (χ0n) is 33.9. The summed E-state index contributed by atoms with van der Waals surface area (Å²) in [5.41, 5.74) is 10.1. The van der Waals surface area contributed by atoms with E-state index < -0.39 is 20.1 Å². The van der Waals surface area contributed by atoms with Gasteiger partial charge in [0, 0.05) is 22.1 Å². The van der Waals surface area contributed by atoms with Crippen LogP contribution in [-0.2, 0) is 0 Å². The predicted octanol–water partition coefficient (Wildman–Crippen LogP) is 12.4. The summed E-state index contributed by atoms with van der Waals surface area (Å²) in [7, 11) is -1.70. The standard InChI is InChI=1S/C52H50BNS2/c1-35-34-48(54(39-17-11-9-12-18-39)40-19-13-10-14-20-40)50-45-22-16-15-21-44(45)49-36(2)33-47(46-32-31-43(35)51(50)52(46)49)53(37-23-27-41(28-24-37)55(3,4)5)38-25-29-42(30-26-38)56(6,7)8/h9-34H,1-8H3. The second-order valence-corrected chi connectivity index (χ2v) is 25.2. The summed E-state index contributed by atoms with van der Waals surface area (Å²) >= 11 is 0. The third kappa shape index (κ3) is 6.15. The van der Waals surface area contributed by atoms with Gasteiger partial charge in [-0.15, -0.1) is 0 Å². The summed E-state index contributed by atoms with van der Waals surface area (Å²) in [6.45, 7) is 4.70. The highest BCUT2D eigenvalue weighted by molar-refractivity contribution is 8.32. The van der Waals surface area contributed by atoms with Crippen molar-refractivity contribution in [1.29, 1.82) is 0 Å². The Morgan fingerprint density at radius 1 is 0.393 bits per heavy atom. The number of nitrogens with zero attached hydrogens (tertiary/aromatic N) is 1. The van der Waals surface area contributed by atoms with Gasteiger partial charge in [-0.05, 0) is 135 Å². The molecule has 0 amide bonds. The van der Waals surface area contributed by atoms with Crippen LogP contribution in [0, 0.1) is 13.8 Å². The van der Waals surface area contributed by atoms with E-state index in [1.54, 1.807) is 0 Å². The van der Waals surface area contributed by atoms with Crippen molar-refractivity contribution in [1.82, 2.24) is 0 Å². The van der Waals surface area contributed by atoms with Crippen molar-refractivity contribution in [2.24, 2.45) is 0 Å². The zero-order chi connectivity index (χ0) is 38.9. The van der Waals surface area contributed by atoms with Gasteiger partial charge in [-0.2, -0.15) is 0 Å². The Morgan fingerprint density at radius 3 is 1.34 bits per heavy atom. The van der Waals surface area contributed by atoms with Gasteiger partial charge < -0.3 is 4.90 Å². The first-order valence-electron chi connectivity index (χ1n) is 19.5. The monoisotopic (exact) mass is 763 g/mol. The lowest BCUT2D eigenvalue weighted by Crippen LogP contribution is -2.52. The minimum Gasteiger partial charge on any atom is -0.310 e. The minimum absolute atomic E-state index is 0.0725. The van der Waals surface area contributed by atoms with Gasteiger partial charge in [-0.1, -0.05) is 144 Å². The maximum Gasteiger partial charge on any atom is 0.242 e. The summed E-state index contributed by atoms with van der Waals surface area (Å²) in [5, 5.41) is 10.6. The molecule has 0 aliphatic heterocycles. The molecule has 0 fully saturated rings. The molecule has 0 saturated carbocycles. The summed E-state index contributed by atoms with van der Waals surface area (Å²) in [4.78, 5) is 5.34. The molecule has 0 N–H and O–H groups in total. The molecular weight excluding hydrogens is 714 g/mol. The first kappa shape index (κ1) is 36.5. The molecule has 0 saturated heterocycles. The molecule has 9 aromatic rings. The van der Waals surface area contributed by atoms with Crippen LogP contribution in [-0.4, -0.2) is 44.2 Å². The number of aryl methyl sites for hydroxylation is 2. The molecule has 0 aliphatic rings. The first-order chi connectivity index (χ1) is 26.9. The number of fused-ring (bicyclic) bond motifs is 3. The van der Waals surface area contributed by atoms with Gasteiger partial charge >= 0.3 is 0 Å². The molecule has 0 spiro atoms. The highest BCUT2D eigenvalue weighted by atomic mass is 32.3. The Hall–Kier alpha value is -5.16. The number of hydrogen-bond acceptors (Lipinski definition) is 1.